The van der Waals surface area contributed by atoms with Crippen LogP contribution in [0.2, 0.25) is 0 Å². The van der Waals surface area contributed by atoms with Crippen LogP contribution in [0.4, 0.5) is 0 Å². The van der Waals surface area contributed by atoms with E-state index in [4.69, 9.17) is 0 Å². The summed E-state index contributed by atoms with van der Waals surface area (Å²) < 4.78 is 0.710. The summed E-state index contributed by atoms with van der Waals surface area (Å²) in [6, 6.07) is 0. The number of hydrogen-bond donors (Lipinski definition) is 1. The highest BCUT2D eigenvalue weighted by Gasteiger charge is 2.00. The van der Waals surface area contributed by atoms with Crippen molar-refractivity contribution in [2.24, 2.45) is 0 Å². The molecule has 0 aliphatic heterocycles. The zero-order chi connectivity index (χ0) is 9.61. The average Bonchev–Trinajstić information content (AvgIpc) is 1.96. The second-order valence-corrected chi connectivity index (χ2v) is 3.72. The summed E-state index contributed by atoms with van der Waals surface area (Å²) >= 11 is 0. The van der Waals surface area contributed by atoms with E-state index < -0.39 is 0 Å². The molecule has 3 heteroatoms. The summed E-state index contributed by atoms with van der Waals surface area (Å²) in [4.78, 5) is 10.8. The van der Waals surface area contributed by atoms with E-state index in [1.165, 1.54) is 0 Å². The zero-order valence-corrected chi connectivity index (χ0v) is 8.39. The minimum atomic E-state index is 0.129. The number of nitrogens with one attached hydrogen (secondary N) is 1. The number of quaternary nitrogens is 1. The number of carbonyl (C=O) groups excluding carboxylic acids is 1. The van der Waals surface area contributed by atoms with Gasteiger partial charge in [0.1, 0.15) is 0 Å². The molecule has 0 spiro atoms. The van der Waals surface area contributed by atoms with Crippen LogP contribution in [0.15, 0.2) is 0 Å². The van der Waals surface area contributed by atoms with E-state index in [1.807, 2.05) is 21.0 Å². The molecule has 0 rings (SSSR count). The predicted octanol–water partition coefficient (Wildman–Crippen LogP) is 0.771. The number of rotatable bonds is 5. The van der Waals surface area contributed by atoms with E-state index >= 15 is 0 Å². The Bertz CT molecular complexity index is 138. The average molecular weight is 172 g/mol. The van der Waals surface area contributed by atoms with Gasteiger partial charge in [0, 0.05) is 33.5 Å². The second-order valence-electron chi connectivity index (χ2n) is 3.72. The van der Waals surface area contributed by atoms with Crippen LogP contribution in [0.5, 0.6) is 0 Å². The molecule has 0 saturated carbocycles. The molecule has 1 N–H and O–H groups in total. The topological polar surface area (TPSA) is 29.1 Å². The molecule has 12 heavy (non-hydrogen) atoms. The molecule has 0 unspecified atom stereocenters. The van der Waals surface area contributed by atoms with Gasteiger partial charge in [-0.25, -0.2) is 0 Å². The van der Waals surface area contributed by atoms with Gasteiger partial charge in [0.15, 0.2) is 0 Å². The highest BCUT2D eigenvalue weighted by Crippen LogP contribution is 1.94. The van der Waals surface area contributed by atoms with Crippen LogP contribution in [0.1, 0.15) is 19.8 Å². The van der Waals surface area contributed by atoms with Gasteiger partial charge in [0.2, 0.25) is 5.91 Å². The van der Waals surface area contributed by atoms with Crippen LogP contribution in [0.25, 0.3) is 0 Å². The molecule has 3 nitrogen and oxygen atoms in total. The lowest BCUT2D eigenvalue weighted by molar-refractivity contribution is -0.845. The molecule has 1 amide bonds. The maximum atomic E-state index is 10.8. The molecule has 0 atom stereocenters. The fraction of sp³-hybridized carbons (Fsp3) is 0.778. The highest BCUT2D eigenvalue weighted by molar-refractivity contribution is 5.75. The Hall–Kier alpha value is -0.570. The van der Waals surface area contributed by atoms with Gasteiger partial charge >= 0.3 is 0 Å². The number of hydrogen-bond acceptors (Lipinski definition) is 1. The standard InChI is InChI=1S/C9H20N2O/c1-5-9(12)10-7-6-8-11(2,3)4/h2,5-8H2,1,3-4H3,(H,10,12). The van der Waals surface area contributed by atoms with E-state index in [9.17, 15) is 4.79 Å². The van der Waals surface area contributed by atoms with Crippen LogP contribution in [-0.2, 0) is 4.79 Å². The van der Waals surface area contributed by atoms with Crippen molar-refractivity contribution >= 4 is 5.91 Å². The van der Waals surface area contributed by atoms with Crippen LogP contribution in [0, 0.1) is 7.05 Å². The van der Waals surface area contributed by atoms with Crippen molar-refractivity contribution in [1.82, 2.24) is 5.32 Å². The van der Waals surface area contributed by atoms with E-state index in [0.29, 0.717) is 10.9 Å². The summed E-state index contributed by atoms with van der Waals surface area (Å²) in [7, 11) is 8.02. The van der Waals surface area contributed by atoms with Gasteiger partial charge in [-0.2, -0.15) is 0 Å². The summed E-state index contributed by atoms with van der Waals surface area (Å²) in [6.07, 6.45) is 1.56. The maximum absolute atomic E-state index is 10.8. The molecule has 72 valence electrons. The summed E-state index contributed by atoms with van der Waals surface area (Å²) in [5.74, 6) is 0.129. The molecular formula is C9H20N2O. The number of nitrogens with zero attached hydrogens (tertiary/aromatic N) is 1. The molecule has 0 bridgehead atoms. The van der Waals surface area contributed by atoms with Crippen molar-refractivity contribution < 1.29 is 9.28 Å². The quantitative estimate of drug-likeness (QED) is 0.370. The van der Waals surface area contributed by atoms with E-state index in [-0.39, 0.29) is 5.91 Å². The lowest BCUT2D eigenvalue weighted by atomic mass is 10.3. The molecule has 0 radical (unpaired) electrons. The zero-order valence-electron chi connectivity index (χ0n) is 8.39. The normalized spacial score (nSPS) is 11.3. The molecule has 0 saturated heterocycles. The predicted molar refractivity (Wildman–Crippen MR) is 50.3 cm³/mol. The fourth-order valence-electron chi connectivity index (χ4n) is 0.860. The second kappa shape index (κ2) is 5.14. The fourth-order valence-corrected chi connectivity index (χ4v) is 0.860. The van der Waals surface area contributed by atoms with Gasteiger partial charge < -0.3 is 9.80 Å². The smallest absolute Gasteiger partial charge is 0.219 e. The largest absolute Gasteiger partial charge is 0.462 e. The van der Waals surface area contributed by atoms with Gasteiger partial charge in [0.25, 0.3) is 0 Å². The third kappa shape index (κ3) is 7.54. The SMILES string of the molecule is [CH2-][N+](C)(C)CCCNC(=O)CC. The molecule has 0 aromatic heterocycles. The van der Waals surface area contributed by atoms with E-state index in [0.717, 1.165) is 19.5 Å². The lowest BCUT2D eigenvalue weighted by Crippen LogP contribution is -2.35. The Labute approximate surface area is 75.3 Å². The molecule has 0 heterocycles. The molecule has 0 aliphatic carbocycles. The van der Waals surface area contributed by atoms with Gasteiger partial charge in [-0.1, -0.05) is 6.92 Å². The maximum Gasteiger partial charge on any atom is 0.219 e. The van der Waals surface area contributed by atoms with Gasteiger partial charge in [0.05, 0.1) is 6.54 Å². The molecule has 0 fully saturated rings. The Kier molecular flexibility index (Phi) is 4.90. The minimum Gasteiger partial charge on any atom is -0.462 e. The van der Waals surface area contributed by atoms with Crippen molar-refractivity contribution in [3.63, 3.8) is 0 Å². The van der Waals surface area contributed by atoms with Crippen molar-refractivity contribution in [1.29, 1.82) is 0 Å². The van der Waals surface area contributed by atoms with Crippen molar-refractivity contribution in [3.8, 4) is 0 Å². The third-order valence-corrected chi connectivity index (χ3v) is 1.58. The van der Waals surface area contributed by atoms with Crippen LogP contribution < -0.4 is 5.32 Å². The monoisotopic (exact) mass is 172 g/mol. The van der Waals surface area contributed by atoms with Crippen LogP contribution >= 0.6 is 0 Å². The first-order valence-electron chi connectivity index (χ1n) is 4.40. The first-order chi connectivity index (χ1) is 5.45. The Morgan fingerprint density at radius 3 is 2.50 bits per heavy atom. The van der Waals surface area contributed by atoms with E-state index in [1.54, 1.807) is 0 Å². The first-order valence-corrected chi connectivity index (χ1v) is 4.40. The summed E-state index contributed by atoms with van der Waals surface area (Å²) in [5, 5.41) is 2.83. The minimum absolute atomic E-state index is 0.129. The summed E-state index contributed by atoms with van der Waals surface area (Å²) in [5.41, 5.74) is 0. The molecule has 0 aromatic rings. The number of carbonyl (C=O) groups is 1. The Balaban J connectivity index is 3.28. The lowest BCUT2D eigenvalue weighted by Gasteiger charge is -2.32. The van der Waals surface area contributed by atoms with Crippen LogP contribution in [0.3, 0.4) is 0 Å². The van der Waals surface area contributed by atoms with Gasteiger partial charge in [-0.15, -0.1) is 7.05 Å². The van der Waals surface area contributed by atoms with Crippen molar-refractivity contribution in [2.45, 2.75) is 19.8 Å². The third-order valence-electron chi connectivity index (χ3n) is 1.58. The van der Waals surface area contributed by atoms with Gasteiger partial charge in [-0.05, 0) is 0 Å². The Morgan fingerprint density at radius 2 is 2.08 bits per heavy atom. The van der Waals surface area contributed by atoms with Gasteiger partial charge in [-0.3, -0.25) is 4.79 Å². The van der Waals surface area contributed by atoms with E-state index in [2.05, 4.69) is 12.4 Å². The molecule has 0 aromatic carbocycles. The van der Waals surface area contributed by atoms with Crippen molar-refractivity contribution in [2.75, 3.05) is 27.2 Å². The van der Waals surface area contributed by atoms with Crippen molar-refractivity contribution in [3.05, 3.63) is 7.05 Å². The summed E-state index contributed by atoms with van der Waals surface area (Å²) in [6.45, 7) is 3.62. The molecule has 0 aliphatic rings. The Morgan fingerprint density at radius 1 is 1.50 bits per heavy atom. The highest BCUT2D eigenvalue weighted by atomic mass is 16.1. The first kappa shape index (κ1) is 11.4. The van der Waals surface area contributed by atoms with Crippen LogP contribution in [-0.4, -0.2) is 37.6 Å². The number of amides is 1. The molecular weight excluding hydrogens is 152 g/mol.